The molecule has 0 saturated heterocycles. The van der Waals surface area contributed by atoms with E-state index in [1.807, 2.05) is 4.91 Å². The van der Waals surface area contributed by atoms with E-state index >= 15 is 0 Å². The minimum Gasteiger partial charge on any atom is -0.462 e. The molecule has 0 heterocycles. The molecule has 0 saturated carbocycles. The number of carbonyl (C=O) groups is 2. The summed E-state index contributed by atoms with van der Waals surface area (Å²) in [4.78, 5) is 24.7. The van der Waals surface area contributed by atoms with Gasteiger partial charge in [-0.1, -0.05) is 11.7 Å². The molecule has 25 heavy (non-hydrogen) atoms. The van der Waals surface area contributed by atoms with Gasteiger partial charge in [0.1, 0.15) is 11.3 Å². The molecule has 0 atom stereocenters. The van der Waals surface area contributed by atoms with Gasteiger partial charge in [-0.25, -0.2) is 27.2 Å². The number of hydrogen-bond donors (Lipinski definition) is 0. The maximum atomic E-state index is 13.7. The van der Waals surface area contributed by atoms with E-state index in [0.29, 0.717) is 0 Å². The van der Waals surface area contributed by atoms with Gasteiger partial charge in [-0.15, -0.1) is 0 Å². The van der Waals surface area contributed by atoms with Crippen molar-refractivity contribution in [2.45, 2.75) is 13.3 Å². The first-order valence-corrected chi connectivity index (χ1v) is 6.63. The molecule has 1 aromatic carbocycles. The highest BCUT2D eigenvalue weighted by Crippen LogP contribution is 2.30. The van der Waals surface area contributed by atoms with Crippen LogP contribution >= 0.6 is 0 Å². The Bertz CT molecular complexity index is 747. The first-order chi connectivity index (χ1) is 11.7. The Morgan fingerprint density at radius 1 is 1.08 bits per heavy atom. The van der Waals surface area contributed by atoms with Crippen LogP contribution in [0.15, 0.2) is 17.3 Å². The van der Waals surface area contributed by atoms with Gasteiger partial charge in [0, 0.05) is 16.9 Å². The summed E-state index contributed by atoms with van der Waals surface area (Å²) in [7, 11) is 0. The minimum atomic E-state index is -2.06. The molecule has 0 spiro atoms. The zero-order valence-electron chi connectivity index (χ0n) is 12.8. The lowest BCUT2D eigenvalue weighted by molar-refractivity contribution is -0.139. The fourth-order valence-corrected chi connectivity index (χ4v) is 1.52. The molecule has 0 N–H and O–H groups in total. The number of hydrogen-bond acceptors (Lipinski definition) is 5. The molecule has 0 amide bonds. The number of esters is 2. The Morgan fingerprint density at radius 2 is 1.60 bits per heavy atom. The van der Waals surface area contributed by atoms with Gasteiger partial charge >= 0.3 is 11.9 Å². The third-order valence-electron chi connectivity index (χ3n) is 2.69. The minimum absolute atomic E-state index is 0.0320. The van der Waals surface area contributed by atoms with Crippen LogP contribution < -0.4 is 0 Å². The lowest BCUT2D eigenvalue weighted by Crippen LogP contribution is -2.15. The molecule has 0 aliphatic carbocycles. The Labute approximate surface area is 138 Å². The molecular weight excluding hydrogens is 350 g/mol. The number of nitrogens with zero attached hydrogens (tertiary/aromatic N) is 3. The Balaban J connectivity index is 2.81. The molecule has 0 aliphatic rings. The SMILES string of the molecule is C=C(C)C(=O)OCCCOC(=O)c1c(F)c(F)c(N=[N+]=[N-])c(F)c1F. The van der Waals surface area contributed by atoms with E-state index in [9.17, 15) is 27.2 Å². The largest absolute Gasteiger partial charge is 0.462 e. The predicted octanol–water partition coefficient (Wildman–Crippen LogP) is 3.85. The molecule has 7 nitrogen and oxygen atoms in total. The van der Waals surface area contributed by atoms with Gasteiger partial charge in [0.05, 0.1) is 13.2 Å². The Morgan fingerprint density at radius 3 is 2.08 bits per heavy atom. The van der Waals surface area contributed by atoms with Crippen LogP contribution in [0.5, 0.6) is 0 Å². The van der Waals surface area contributed by atoms with Gasteiger partial charge in [-0.2, -0.15) is 0 Å². The van der Waals surface area contributed by atoms with Gasteiger partial charge in [0.15, 0.2) is 23.3 Å². The van der Waals surface area contributed by atoms with E-state index in [1.54, 1.807) is 0 Å². The van der Waals surface area contributed by atoms with Crippen LogP contribution in [0.3, 0.4) is 0 Å². The highest BCUT2D eigenvalue weighted by Gasteiger charge is 2.29. The lowest BCUT2D eigenvalue weighted by atomic mass is 10.1. The second kappa shape index (κ2) is 8.69. The number of benzene rings is 1. The van der Waals surface area contributed by atoms with Gasteiger partial charge in [-0.05, 0) is 12.5 Å². The van der Waals surface area contributed by atoms with Crippen molar-refractivity contribution in [3.63, 3.8) is 0 Å². The third kappa shape index (κ3) is 4.70. The summed E-state index contributed by atoms with van der Waals surface area (Å²) in [6.07, 6.45) is -0.0320. The molecule has 1 aromatic rings. The van der Waals surface area contributed by atoms with Crippen molar-refractivity contribution in [2.24, 2.45) is 5.11 Å². The number of halogens is 4. The monoisotopic (exact) mass is 361 g/mol. The number of carbonyl (C=O) groups excluding carboxylic acids is 2. The van der Waals surface area contributed by atoms with Crippen LogP contribution in [0, 0.1) is 23.3 Å². The van der Waals surface area contributed by atoms with Crippen molar-refractivity contribution in [3.05, 3.63) is 51.4 Å². The van der Waals surface area contributed by atoms with Gasteiger partial charge < -0.3 is 9.47 Å². The second-order valence-electron chi connectivity index (χ2n) is 4.57. The van der Waals surface area contributed by atoms with Crippen LogP contribution in [0.25, 0.3) is 10.4 Å². The van der Waals surface area contributed by atoms with Crippen LogP contribution in [0.2, 0.25) is 0 Å². The topological polar surface area (TPSA) is 101 Å². The highest BCUT2D eigenvalue weighted by molar-refractivity contribution is 5.90. The molecule has 0 aliphatic heterocycles. The van der Waals surface area contributed by atoms with E-state index in [2.05, 4.69) is 21.2 Å². The first-order valence-electron chi connectivity index (χ1n) is 6.63. The summed E-state index contributed by atoms with van der Waals surface area (Å²) in [6.45, 7) is 4.13. The van der Waals surface area contributed by atoms with Crippen molar-refractivity contribution >= 4 is 17.6 Å². The fourth-order valence-electron chi connectivity index (χ4n) is 1.52. The smallest absolute Gasteiger partial charge is 0.344 e. The van der Waals surface area contributed by atoms with Crippen LogP contribution in [-0.4, -0.2) is 25.2 Å². The van der Waals surface area contributed by atoms with Crippen molar-refractivity contribution in [1.82, 2.24) is 0 Å². The standard InChI is InChI=1S/C14H11F4N3O4/c1-6(2)13(22)24-4-3-5-25-14(23)7-8(15)10(17)12(20-21-19)11(18)9(7)16/h1,3-5H2,2H3. The molecule has 0 aromatic heterocycles. The van der Waals surface area contributed by atoms with Gasteiger partial charge in [-0.3, -0.25) is 0 Å². The average molecular weight is 361 g/mol. The van der Waals surface area contributed by atoms with Gasteiger partial charge in [0.2, 0.25) is 0 Å². The van der Waals surface area contributed by atoms with Crippen molar-refractivity contribution in [3.8, 4) is 0 Å². The molecule has 0 unspecified atom stereocenters. The van der Waals surface area contributed by atoms with Gasteiger partial charge in [0.25, 0.3) is 0 Å². The highest BCUT2D eigenvalue weighted by atomic mass is 19.2. The summed E-state index contributed by atoms with van der Waals surface area (Å²) in [6, 6.07) is 0. The van der Waals surface area contributed by atoms with Crippen molar-refractivity contribution in [1.29, 1.82) is 0 Å². The first kappa shape index (κ1) is 20.0. The van der Waals surface area contributed by atoms with Crippen molar-refractivity contribution in [2.75, 3.05) is 13.2 Å². The summed E-state index contributed by atoms with van der Waals surface area (Å²) < 4.78 is 63.6. The van der Waals surface area contributed by atoms with E-state index in [0.717, 1.165) is 0 Å². The normalized spacial score (nSPS) is 9.96. The zero-order valence-corrected chi connectivity index (χ0v) is 12.8. The van der Waals surface area contributed by atoms with E-state index < -0.39 is 53.1 Å². The zero-order chi connectivity index (χ0) is 19.1. The number of rotatable bonds is 7. The van der Waals surface area contributed by atoms with Crippen LogP contribution in [-0.2, 0) is 14.3 Å². The average Bonchev–Trinajstić information content (AvgIpc) is 2.56. The summed E-state index contributed by atoms with van der Waals surface area (Å²) in [5, 5.41) is 2.49. The summed E-state index contributed by atoms with van der Waals surface area (Å²) >= 11 is 0. The van der Waals surface area contributed by atoms with Crippen molar-refractivity contribution < 1.29 is 36.6 Å². The second-order valence-corrected chi connectivity index (χ2v) is 4.57. The molecule has 1 rings (SSSR count). The maximum absolute atomic E-state index is 13.7. The molecule has 134 valence electrons. The molecule has 0 bridgehead atoms. The summed E-state index contributed by atoms with van der Waals surface area (Å²) in [5.41, 5.74) is 5.11. The molecule has 0 radical (unpaired) electrons. The quantitative estimate of drug-likeness (QED) is 0.108. The fraction of sp³-hybridized carbons (Fsp3) is 0.286. The lowest BCUT2D eigenvalue weighted by Gasteiger charge is -2.09. The Kier molecular flexibility index (Phi) is 6.94. The maximum Gasteiger partial charge on any atom is 0.344 e. The number of ether oxygens (including phenoxy) is 2. The third-order valence-corrected chi connectivity index (χ3v) is 2.69. The molecular formula is C14H11F4N3O4. The van der Waals surface area contributed by atoms with Crippen LogP contribution in [0.1, 0.15) is 23.7 Å². The van der Waals surface area contributed by atoms with Crippen LogP contribution in [0.4, 0.5) is 23.2 Å². The van der Waals surface area contributed by atoms with E-state index in [-0.39, 0.29) is 18.6 Å². The predicted molar refractivity (Wildman–Crippen MR) is 75.8 cm³/mol. The molecule has 0 fully saturated rings. The van der Waals surface area contributed by atoms with E-state index in [1.165, 1.54) is 6.92 Å². The molecule has 11 heteroatoms. The Hall–Kier alpha value is -3.07. The number of azide groups is 1. The summed E-state index contributed by atoms with van der Waals surface area (Å²) in [5.74, 6) is -10.5. The van der Waals surface area contributed by atoms with E-state index in [4.69, 9.17) is 5.53 Å².